The second-order valence-corrected chi connectivity index (χ2v) is 9.93. The van der Waals surface area contributed by atoms with Gasteiger partial charge in [-0.05, 0) is 38.5 Å². The predicted octanol–water partition coefficient (Wildman–Crippen LogP) is 2.78. The SMILES string of the molecule is COC(=O)[C@H](Cc1ccc(O[C@@H]2O[C@H](C(=O)OC)[C@@H](OC(C)=O)[C@H](C)[C@H]2C)cc1)NC(=O)OC(C)(C)C. The van der Waals surface area contributed by atoms with Crippen molar-refractivity contribution in [3.63, 3.8) is 0 Å². The van der Waals surface area contributed by atoms with Gasteiger partial charge in [0.2, 0.25) is 6.29 Å². The lowest BCUT2D eigenvalue weighted by Gasteiger charge is -2.42. The molecule has 11 heteroatoms. The van der Waals surface area contributed by atoms with Crippen LogP contribution in [0, 0.1) is 11.8 Å². The molecule has 1 N–H and O–H groups in total. The third kappa shape index (κ3) is 8.63. The minimum atomic E-state index is -1.14. The van der Waals surface area contributed by atoms with E-state index in [-0.39, 0.29) is 18.3 Å². The molecule has 206 valence electrons. The summed E-state index contributed by atoms with van der Waals surface area (Å²) in [5, 5.41) is 2.54. The molecule has 1 saturated heterocycles. The molecule has 1 aromatic carbocycles. The van der Waals surface area contributed by atoms with Crippen molar-refractivity contribution in [1.82, 2.24) is 5.32 Å². The molecule has 1 fully saturated rings. The van der Waals surface area contributed by atoms with E-state index in [0.29, 0.717) is 5.75 Å². The fourth-order valence-electron chi connectivity index (χ4n) is 3.83. The standard InChI is InChI=1S/C26H37NO10/c1-14-15(2)24(36-21(23(30)33-8)20(14)34-16(3)28)35-18-11-9-17(10-12-18)13-19(22(29)32-7)27-25(31)37-26(4,5)6/h9-12,14-15,19-21,24H,13H2,1-8H3,(H,27,31)/t14-,15-,19+,20+,21+,24-/m1/s1. The predicted molar refractivity (Wildman–Crippen MR) is 131 cm³/mol. The lowest BCUT2D eigenvalue weighted by atomic mass is 9.84. The summed E-state index contributed by atoms with van der Waals surface area (Å²) in [6.45, 7) is 10.2. The number of benzene rings is 1. The van der Waals surface area contributed by atoms with Crippen LogP contribution >= 0.6 is 0 Å². The van der Waals surface area contributed by atoms with Crippen molar-refractivity contribution in [1.29, 1.82) is 0 Å². The first-order chi connectivity index (χ1) is 17.2. The van der Waals surface area contributed by atoms with Crippen LogP contribution in [0.15, 0.2) is 24.3 Å². The van der Waals surface area contributed by atoms with Gasteiger partial charge in [-0.3, -0.25) is 4.79 Å². The maximum absolute atomic E-state index is 12.3. The quantitative estimate of drug-likeness (QED) is 0.400. The van der Waals surface area contributed by atoms with Crippen molar-refractivity contribution >= 4 is 24.0 Å². The Kier molecular flexibility index (Phi) is 10.3. The molecular formula is C26H37NO10. The lowest BCUT2D eigenvalue weighted by molar-refractivity contribution is -0.243. The second kappa shape index (κ2) is 12.8. The van der Waals surface area contributed by atoms with Crippen LogP contribution in [0.5, 0.6) is 5.75 Å². The summed E-state index contributed by atoms with van der Waals surface area (Å²) >= 11 is 0. The summed E-state index contributed by atoms with van der Waals surface area (Å²) in [5.41, 5.74) is 0.0112. The molecule has 1 amide bonds. The van der Waals surface area contributed by atoms with Gasteiger partial charge >= 0.3 is 24.0 Å². The summed E-state index contributed by atoms with van der Waals surface area (Å²) < 4.78 is 32.1. The van der Waals surface area contributed by atoms with Gasteiger partial charge in [-0.25, -0.2) is 14.4 Å². The zero-order chi connectivity index (χ0) is 27.9. The number of hydrogen-bond donors (Lipinski definition) is 1. The van der Waals surface area contributed by atoms with Crippen molar-refractivity contribution < 1.29 is 47.6 Å². The molecule has 1 aromatic rings. The number of carbonyl (C=O) groups is 4. The van der Waals surface area contributed by atoms with Crippen molar-refractivity contribution in [2.45, 2.75) is 78.1 Å². The maximum Gasteiger partial charge on any atom is 0.408 e. The van der Waals surface area contributed by atoms with Gasteiger partial charge in [0.05, 0.1) is 14.2 Å². The van der Waals surface area contributed by atoms with Crippen molar-refractivity contribution in [2.75, 3.05) is 14.2 Å². The third-order valence-electron chi connectivity index (χ3n) is 5.88. The smallest absolute Gasteiger partial charge is 0.408 e. The van der Waals surface area contributed by atoms with E-state index in [4.69, 9.17) is 28.4 Å². The highest BCUT2D eigenvalue weighted by atomic mass is 16.7. The summed E-state index contributed by atoms with van der Waals surface area (Å²) in [6, 6.07) is 5.89. The van der Waals surface area contributed by atoms with Gasteiger partial charge in [0.1, 0.15) is 23.5 Å². The Hall–Kier alpha value is -3.34. The molecular weight excluding hydrogens is 486 g/mol. The number of carbonyl (C=O) groups excluding carboxylic acids is 4. The number of esters is 3. The monoisotopic (exact) mass is 523 g/mol. The van der Waals surface area contributed by atoms with Gasteiger partial charge in [0.15, 0.2) is 6.10 Å². The number of ether oxygens (including phenoxy) is 6. The Morgan fingerprint density at radius 2 is 1.62 bits per heavy atom. The Morgan fingerprint density at radius 3 is 2.14 bits per heavy atom. The van der Waals surface area contributed by atoms with Crippen LogP contribution in [-0.2, 0) is 44.5 Å². The lowest BCUT2D eigenvalue weighted by Crippen LogP contribution is -2.55. The first-order valence-corrected chi connectivity index (χ1v) is 12.0. The first kappa shape index (κ1) is 29.9. The fraction of sp³-hybridized carbons (Fsp3) is 0.615. The molecule has 2 rings (SSSR count). The number of amides is 1. The normalized spacial score (nSPS) is 24.3. The molecule has 0 bridgehead atoms. The van der Waals surface area contributed by atoms with E-state index < -0.39 is 54.1 Å². The molecule has 0 radical (unpaired) electrons. The molecule has 0 aliphatic carbocycles. The topological polar surface area (TPSA) is 136 Å². The van der Waals surface area contributed by atoms with Crippen molar-refractivity contribution in [2.24, 2.45) is 11.8 Å². The number of hydrogen-bond acceptors (Lipinski definition) is 10. The number of nitrogens with one attached hydrogen (secondary N) is 1. The molecule has 6 atom stereocenters. The molecule has 1 aliphatic rings. The first-order valence-electron chi connectivity index (χ1n) is 12.0. The largest absolute Gasteiger partial charge is 0.467 e. The molecule has 0 unspecified atom stereocenters. The summed E-state index contributed by atoms with van der Waals surface area (Å²) in [5.74, 6) is -1.83. The highest BCUT2D eigenvalue weighted by Gasteiger charge is 2.48. The van der Waals surface area contributed by atoms with E-state index in [1.165, 1.54) is 21.1 Å². The minimum Gasteiger partial charge on any atom is -0.467 e. The van der Waals surface area contributed by atoms with Crippen LogP contribution in [0.1, 0.15) is 47.1 Å². The van der Waals surface area contributed by atoms with Crippen LogP contribution < -0.4 is 10.1 Å². The Balaban J connectivity index is 2.11. The highest BCUT2D eigenvalue weighted by Crippen LogP contribution is 2.34. The molecule has 0 aromatic heterocycles. The van der Waals surface area contributed by atoms with Gasteiger partial charge < -0.3 is 33.7 Å². The highest BCUT2D eigenvalue weighted by molar-refractivity contribution is 5.81. The average Bonchev–Trinajstić information content (AvgIpc) is 2.82. The Bertz CT molecular complexity index is 955. The van der Waals surface area contributed by atoms with Crippen LogP contribution in [-0.4, -0.2) is 68.4 Å². The summed E-state index contributed by atoms with van der Waals surface area (Å²) in [4.78, 5) is 48.3. The number of methoxy groups -OCH3 is 2. The van der Waals surface area contributed by atoms with Crippen LogP contribution in [0.3, 0.4) is 0 Å². The Morgan fingerprint density at radius 1 is 1.00 bits per heavy atom. The van der Waals surface area contributed by atoms with Crippen LogP contribution in [0.2, 0.25) is 0 Å². The Labute approximate surface area is 217 Å². The maximum atomic E-state index is 12.3. The van der Waals surface area contributed by atoms with E-state index in [9.17, 15) is 19.2 Å². The molecule has 11 nitrogen and oxygen atoms in total. The second-order valence-electron chi connectivity index (χ2n) is 9.93. The number of rotatable bonds is 8. The zero-order valence-electron chi connectivity index (χ0n) is 22.6. The van der Waals surface area contributed by atoms with Gasteiger partial charge in [-0.2, -0.15) is 0 Å². The molecule has 0 spiro atoms. The average molecular weight is 524 g/mol. The van der Waals surface area contributed by atoms with Crippen LogP contribution in [0.4, 0.5) is 4.79 Å². The molecule has 1 aliphatic heterocycles. The van der Waals surface area contributed by atoms with Gasteiger partial charge in [0, 0.05) is 25.2 Å². The van der Waals surface area contributed by atoms with E-state index >= 15 is 0 Å². The number of alkyl carbamates (subject to hydrolysis) is 1. The van der Waals surface area contributed by atoms with E-state index in [0.717, 1.165) is 5.56 Å². The summed E-state index contributed by atoms with van der Waals surface area (Å²) in [7, 11) is 2.47. The zero-order valence-corrected chi connectivity index (χ0v) is 22.6. The van der Waals surface area contributed by atoms with Gasteiger partial charge in [0.25, 0.3) is 0 Å². The van der Waals surface area contributed by atoms with E-state index in [2.05, 4.69) is 5.32 Å². The summed E-state index contributed by atoms with van der Waals surface area (Å²) in [6.07, 6.45) is -3.33. The molecule has 0 saturated carbocycles. The van der Waals surface area contributed by atoms with Crippen LogP contribution in [0.25, 0.3) is 0 Å². The van der Waals surface area contributed by atoms with Crippen molar-refractivity contribution in [3.05, 3.63) is 29.8 Å². The molecule has 1 heterocycles. The van der Waals surface area contributed by atoms with Gasteiger partial charge in [-0.1, -0.05) is 26.0 Å². The van der Waals surface area contributed by atoms with E-state index in [1.54, 1.807) is 45.0 Å². The molecule has 37 heavy (non-hydrogen) atoms. The van der Waals surface area contributed by atoms with E-state index in [1.807, 2.05) is 13.8 Å². The van der Waals surface area contributed by atoms with Crippen molar-refractivity contribution in [3.8, 4) is 5.75 Å². The minimum absolute atomic E-state index is 0.161. The van der Waals surface area contributed by atoms with Gasteiger partial charge in [-0.15, -0.1) is 0 Å². The fourth-order valence-corrected chi connectivity index (χ4v) is 3.83. The third-order valence-corrected chi connectivity index (χ3v) is 5.88.